The SMILES string of the molecule is Nc1ncn(CC(=O)NC2CCN(C3CC3)C2)n1. The summed E-state index contributed by atoms with van der Waals surface area (Å²) in [6.45, 7) is 2.27. The van der Waals surface area contributed by atoms with Crippen LogP contribution < -0.4 is 11.1 Å². The quantitative estimate of drug-likeness (QED) is 0.731. The first-order chi connectivity index (χ1) is 8.70. The van der Waals surface area contributed by atoms with Gasteiger partial charge >= 0.3 is 0 Å². The zero-order valence-corrected chi connectivity index (χ0v) is 10.2. The van der Waals surface area contributed by atoms with E-state index in [2.05, 4.69) is 20.3 Å². The maximum atomic E-state index is 11.8. The molecule has 0 spiro atoms. The molecule has 0 aromatic carbocycles. The van der Waals surface area contributed by atoms with Crippen LogP contribution in [0.1, 0.15) is 19.3 Å². The highest BCUT2D eigenvalue weighted by Gasteiger charge is 2.34. The number of likely N-dealkylation sites (tertiary alicyclic amines) is 1. The summed E-state index contributed by atoms with van der Waals surface area (Å²) in [5.74, 6) is 0.172. The van der Waals surface area contributed by atoms with Gasteiger partial charge in [-0.15, -0.1) is 5.10 Å². The second-order valence-corrected chi connectivity index (χ2v) is 5.08. The summed E-state index contributed by atoms with van der Waals surface area (Å²) in [4.78, 5) is 18.1. The lowest BCUT2D eigenvalue weighted by Crippen LogP contribution is -2.39. The molecule has 2 aliphatic rings. The zero-order valence-electron chi connectivity index (χ0n) is 10.2. The van der Waals surface area contributed by atoms with Crippen molar-refractivity contribution in [2.24, 2.45) is 0 Å². The molecule has 98 valence electrons. The van der Waals surface area contributed by atoms with E-state index in [0.717, 1.165) is 25.6 Å². The second-order valence-electron chi connectivity index (χ2n) is 5.08. The fourth-order valence-electron chi connectivity index (χ4n) is 2.48. The van der Waals surface area contributed by atoms with Gasteiger partial charge in [0.25, 0.3) is 0 Å². The Balaban J connectivity index is 1.46. The number of nitrogens with one attached hydrogen (secondary N) is 1. The molecule has 18 heavy (non-hydrogen) atoms. The van der Waals surface area contributed by atoms with Crippen LogP contribution in [0.5, 0.6) is 0 Å². The summed E-state index contributed by atoms with van der Waals surface area (Å²) in [5, 5.41) is 6.93. The van der Waals surface area contributed by atoms with E-state index in [1.807, 2.05) is 0 Å². The molecule has 1 saturated heterocycles. The molecule has 3 N–H and O–H groups in total. The number of amides is 1. The van der Waals surface area contributed by atoms with E-state index in [9.17, 15) is 4.79 Å². The Bertz CT molecular complexity index is 440. The van der Waals surface area contributed by atoms with Crippen molar-refractivity contribution in [3.63, 3.8) is 0 Å². The molecule has 0 radical (unpaired) electrons. The molecule has 1 aromatic heterocycles. The first kappa shape index (κ1) is 11.5. The Morgan fingerprint density at radius 1 is 1.50 bits per heavy atom. The van der Waals surface area contributed by atoms with E-state index < -0.39 is 0 Å². The molecular formula is C11H18N6O. The predicted octanol–water partition coefficient (Wildman–Crippen LogP) is -0.787. The maximum absolute atomic E-state index is 11.8. The minimum Gasteiger partial charge on any atom is -0.367 e. The summed E-state index contributed by atoms with van der Waals surface area (Å²) in [6, 6.07) is 1.06. The van der Waals surface area contributed by atoms with Crippen LogP contribution in [0.4, 0.5) is 5.95 Å². The number of hydrogen-bond donors (Lipinski definition) is 2. The largest absolute Gasteiger partial charge is 0.367 e. The standard InChI is InChI=1S/C11H18N6O/c12-11-13-7-17(15-11)6-10(18)14-8-3-4-16(5-8)9-1-2-9/h7-9H,1-6H2,(H2,12,15)(H,14,18). The molecule has 2 heterocycles. The number of carbonyl (C=O) groups excluding carboxylic acids is 1. The monoisotopic (exact) mass is 250 g/mol. The third-order valence-corrected chi connectivity index (χ3v) is 3.51. The van der Waals surface area contributed by atoms with Crippen LogP contribution in [0, 0.1) is 0 Å². The van der Waals surface area contributed by atoms with Crippen molar-refractivity contribution in [3.05, 3.63) is 6.33 Å². The Labute approximate surface area is 105 Å². The van der Waals surface area contributed by atoms with Gasteiger partial charge in [-0.05, 0) is 19.3 Å². The Morgan fingerprint density at radius 3 is 3.00 bits per heavy atom. The zero-order chi connectivity index (χ0) is 12.5. The van der Waals surface area contributed by atoms with E-state index >= 15 is 0 Å². The van der Waals surface area contributed by atoms with E-state index in [1.54, 1.807) is 0 Å². The molecule has 0 bridgehead atoms. The average Bonchev–Trinajstić information content (AvgIpc) is 2.95. The molecule has 2 fully saturated rings. The third kappa shape index (κ3) is 2.61. The van der Waals surface area contributed by atoms with Gasteiger partial charge in [0, 0.05) is 25.2 Å². The van der Waals surface area contributed by atoms with E-state index in [4.69, 9.17) is 5.73 Å². The normalized spacial score (nSPS) is 24.3. The molecule has 1 amide bonds. The summed E-state index contributed by atoms with van der Waals surface area (Å²) >= 11 is 0. The molecule has 7 nitrogen and oxygen atoms in total. The van der Waals surface area contributed by atoms with Gasteiger partial charge in [-0.1, -0.05) is 0 Å². The molecule has 1 saturated carbocycles. The molecule has 1 aromatic rings. The van der Waals surface area contributed by atoms with Gasteiger partial charge in [0.2, 0.25) is 11.9 Å². The van der Waals surface area contributed by atoms with Crippen LogP contribution in [0.25, 0.3) is 0 Å². The van der Waals surface area contributed by atoms with Crippen molar-refractivity contribution in [1.82, 2.24) is 25.0 Å². The van der Waals surface area contributed by atoms with Crippen molar-refractivity contribution in [3.8, 4) is 0 Å². The van der Waals surface area contributed by atoms with Crippen molar-refractivity contribution < 1.29 is 4.79 Å². The fourth-order valence-corrected chi connectivity index (χ4v) is 2.48. The minimum atomic E-state index is -0.0254. The van der Waals surface area contributed by atoms with Crippen LogP contribution in [-0.4, -0.2) is 50.7 Å². The molecule has 1 aliphatic carbocycles. The number of nitrogens with two attached hydrogens (primary N) is 1. The molecule has 1 atom stereocenters. The van der Waals surface area contributed by atoms with Crippen molar-refractivity contribution in [2.75, 3.05) is 18.8 Å². The number of aromatic nitrogens is 3. The van der Waals surface area contributed by atoms with Crippen LogP contribution >= 0.6 is 0 Å². The van der Waals surface area contributed by atoms with Gasteiger partial charge in [0.1, 0.15) is 12.9 Å². The lowest BCUT2D eigenvalue weighted by molar-refractivity contribution is -0.122. The van der Waals surface area contributed by atoms with Crippen LogP contribution in [0.15, 0.2) is 6.33 Å². The summed E-state index contributed by atoms with van der Waals surface area (Å²) in [6.07, 6.45) is 5.15. The topological polar surface area (TPSA) is 89.1 Å². The van der Waals surface area contributed by atoms with Crippen molar-refractivity contribution >= 4 is 11.9 Å². The number of rotatable bonds is 4. The number of nitrogen functional groups attached to an aromatic ring is 1. The number of carbonyl (C=O) groups is 1. The minimum absolute atomic E-state index is 0.0254. The van der Waals surface area contributed by atoms with Gasteiger partial charge < -0.3 is 11.1 Å². The van der Waals surface area contributed by atoms with Gasteiger partial charge in [0.05, 0.1) is 0 Å². The first-order valence-electron chi connectivity index (χ1n) is 6.39. The molecular weight excluding hydrogens is 232 g/mol. The first-order valence-corrected chi connectivity index (χ1v) is 6.39. The maximum Gasteiger partial charge on any atom is 0.242 e. The highest BCUT2D eigenvalue weighted by Crippen LogP contribution is 2.29. The lowest BCUT2D eigenvalue weighted by atomic mass is 10.2. The van der Waals surface area contributed by atoms with Crippen molar-refractivity contribution in [2.45, 2.75) is 37.9 Å². The van der Waals surface area contributed by atoms with Gasteiger partial charge in [0.15, 0.2) is 0 Å². The highest BCUT2D eigenvalue weighted by atomic mass is 16.2. The lowest BCUT2D eigenvalue weighted by Gasteiger charge is -2.15. The van der Waals surface area contributed by atoms with Gasteiger partial charge in [-0.3, -0.25) is 9.69 Å². The van der Waals surface area contributed by atoms with Gasteiger partial charge in [-0.2, -0.15) is 0 Å². The third-order valence-electron chi connectivity index (χ3n) is 3.51. The number of hydrogen-bond acceptors (Lipinski definition) is 5. The Kier molecular flexibility index (Phi) is 2.91. The molecule has 1 aliphatic heterocycles. The Morgan fingerprint density at radius 2 is 2.33 bits per heavy atom. The predicted molar refractivity (Wildman–Crippen MR) is 65.6 cm³/mol. The van der Waals surface area contributed by atoms with Crippen LogP contribution in [0.2, 0.25) is 0 Å². The smallest absolute Gasteiger partial charge is 0.242 e. The average molecular weight is 250 g/mol. The highest BCUT2D eigenvalue weighted by molar-refractivity contribution is 5.76. The molecule has 3 rings (SSSR count). The van der Waals surface area contributed by atoms with E-state index in [-0.39, 0.29) is 24.4 Å². The summed E-state index contributed by atoms with van der Waals surface area (Å²) in [7, 11) is 0. The fraction of sp³-hybridized carbons (Fsp3) is 0.727. The molecule has 7 heteroatoms. The van der Waals surface area contributed by atoms with E-state index in [1.165, 1.54) is 23.9 Å². The molecule has 1 unspecified atom stereocenters. The van der Waals surface area contributed by atoms with Gasteiger partial charge in [-0.25, -0.2) is 9.67 Å². The summed E-state index contributed by atoms with van der Waals surface area (Å²) < 4.78 is 1.46. The number of anilines is 1. The summed E-state index contributed by atoms with van der Waals surface area (Å²) in [5.41, 5.74) is 5.39. The Hall–Kier alpha value is -1.63. The number of nitrogens with zero attached hydrogens (tertiary/aromatic N) is 4. The van der Waals surface area contributed by atoms with Crippen LogP contribution in [-0.2, 0) is 11.3 Å². The van der Waals surface area contributed by atoms with E-state index in [0.29, 0.717) is 0 Å². The van der Waals surface area contributed by atoms with Crippen LogP contribution in [0.3, 0.4) is 0 Å². The second kappa shape index (κ2) is 4.56. The van der Waals surface area contributed by atoms with Crippen molar-refractivity contribution in [1.29, 1.82) is 0 Å².